The number of para-hydroxylation sites is 1. The van der Waals surface area contributed by atoms with Crippen LogP contribution in [0.3, 0.4) is 0 Å². The van der Waals surface area contributed by atoms with Gasteiger partial charge in [0.15, 0.2) is 12.7 Å². The average molecular weight is 345 g/mol. The first kappa shape index (κ1) is 18.4. The molecule has 0 aromatic heterocycles. The Hall–Kier alpha value is -2.89. The van der Waals surface area contributed by atoms with Crippen molar-refractivity contribution in [1.29, 1.82) is 0 Å². The summed E-state index contributed by atoms with van der Waals surface area (Å²) in [4.78, 5) is 23.9. The van der Waals surface area contributed by atoms with Crippen LogP contribution in [0, 0.1) is 19.7 Å². The van der Waals surface area contributed by atoms with E-state index in [0.717, 1.165) is 11.1 Å². The fourth-order valence-corrected chi connectivity index (χ4v) is 2.21. The van der Waals surface area contributed by atoms with Gasteiger partial charge in [0, 0.05) is 5.69 Å². The van der Waals surface area contributed by atoms with E-state index in [2.05, 4.69) is 5.32 Å². The highest BCUT2D eigenvalue weighted by Crippen LogP contribution is 2.19. The van der Waals surface area contributed by atoms with Gasteiger partial charge in [-0.15, -0.1) is 0 Å². The summed E-state index contributed by atoms with van der Waals surface area (Å²) < 4.78 is 23.1. The lowest BCUT2D eigenvalue weighted by Gasteiger charge is -2.15. The molecule has 2 aromatic carbocycles. The van der Waals surface area contributed by atoms with Crippen LogP contribution in [-0.4, -0.2) is 24.6 Å². The maximum atomic E-state index is 12.8. The van der Waals surface area contributed by atoms with Gasteiger partial charge >= 0.3 is 5.97 Å². The van der Waals surface area contributed by atoms with E-state index in [4.69, 9.17) is 9.47 Å². The molecule has 0 bridgehead atoms. The zero-order valence-electron chi connectivity index (χ0n) is 14.3. The van der Waals surface area contributed by atoms with Crippen molar-refractivity contribution in [2.24, 2.45) is 0 Å². The van der Waals surface area contributed by atoms with Crippen LogP contribution in [-0.2, 0) is 14.3 Å². The van der Waals surface area contributed by atoms with Crippen molar-refractivity contribution in [3.8, 4) is 5.75 Å². The summed E-state index contributed by atoms with van der Waals surface area (Å²) in [5.41, 5.74) is 2.56. The Balaban J connectivity index is 1.84. The second-order valence-electron chi connectivity index (χ2n) is 5.64. The molecule has 25 heavy (non-hydrogen) atoms. The molecular formula is C19H20FNO4. The first-order valence-electron chi connectivity index (χ1n) is 7.81. The van der Waals surface area contributed by atoms with E-state index in [1.807, 2.05) is 32.0 Å². The minimum absolute atomic E-state index is 0.339. The van der Waals surface area contributed by atoms with E-state index >= 15 is 0 Å². The van der Waals surface area contributed by atoms with Gasteiger partial charge in [0.25, 0.3) is 5.91 Å². The van der Waals surface area contributed by atoms with E-state index < -0.39 is 30.4 Å². The minimum atomic E-state index is -0.918. The third-order valence-corrected chi connectivity index (χ3v) is 3.55. The quantitative estimate of drug-likeness (QED) is 0.815. The molecule has 0 unspecified atom stereocenters. The Morgan fingerprint density at radius 1 is 1.08 bits per heavy atom. The maximum Gasteiger partial charge on any atom is 0.347 e. The summed E-state index contributed by atoms with van der Waals surface area (Å²) in [5, 5.41) is 2.73. The summed E-state index contributed by atoms with van der Waals surface area (Å²) in [5.74, 6) is -1.17. The monoisotopic (exact) mass is 345 g/mol. The van der Waals surface area contributed by atoms with Crippen molar-refractivity contribution in [3.63, 3.8) is 0 Å². The van der Waals surface area contributed by atoms with Gasteiger partial charge in [0.1, 0.15) is 11.6 Å². The van der Waals surface area contributed by atoms with Crippen LogP contribution in [0.5, 0.6) is 5.75 Å². The predicted molar refractivity (Wildman–Crippen MR) is 92.0 cm³/mol. The molecule has 0 aliphatic heterocycles. The number of nitrogens with one attached hydrogen (secondary N) is 1. The molecular weight excluding hydrogens is 325 g/mol. The summed E-state index contributed by atoms with van der Waals surface area (Å²) in [6.45, 7) is 4.85. The molecule has 0 radical (unpaired) electrons. The van der Waals surface area contributed by atoms with Crippen molar-refractivity contribution in [2.45, 2.75) is 26.9 Å². The van der Waals surface area contributed by atoms with Crippen molar-refractivity contribution < 1.29 is 23.5 Å². The molecule has 1 atom stereocenters. The SMILES string of the molecule is Cc1cccc(C)c1NC(=O)COC(=O)[C@@H](C)Oc1ccc(F)cc1. The maximum absolute atomic E-state index is 12.8. The molecule has 2 aromatic rings. The first-order chi connectivity index (χ1) is 11.9. The lowest BCUT2D eigenvalue weighted by Crippen LogP contribution is -2.30. The lowest BCUT2D eigenvalue weighted by atomic mass is 10.1. The van der Waals surface area contributed by atoms with Gasteiger partial charge in [-0.3, -0.25) is 4.79 Å². The van der Waals surface area contributed by atoms with E-state index in [-0.39, 0.29) is 0 Å². The van der Waals surface area contributed by atoms with E-state index in [9.17, 15) is 14.0 Å². The van der Waals surface area contributed by atoms with Crippen molar-refractivity contribution in [3.05, 3.63) is 59.4 Å². The Morgan fingerprint density at radius 2 is 1.68 bits per heavy atom. The zero-order valence-corrected chi connectivity index (χ0v) is 14.3. The highest BCUT2D eigenvalue weighted by molar-refractivity contribution is 5.94. The Kier molecular flexibility index (Phi) is 6.11. The summed E-state index contributed by atoms with van der Waals surface area (Å²) in [6, 6.07) is 10.9. The number of ether oxygens (including phenoxy) is 2. The molecule has 0 spiro atoms. The number of rotatable bonds is 6. The van der Waals surface area contributed by atoms with Crippen molar-refractivity contribution in [1.82, 2.24) is 0 Å². The molecule has 132 valence electrons. The van der Waals surface area contributed by atoms with Crippen LogP contribution in [0.1, 0.15) is 18.1 Å². The fraction of sp³-hybridized carbons (Fsp3) is 0.263. The number of halogens is 1. The van der Waals surface area contributed by atoms with E-state index in [1.54, 1.807) is 0 Å². The first-order valence-corrected chi connectivity index (χ1v) is 7.81. The lowest BCUT2D eigenvalue weighted by molar-refractivity contribution is -0.153. The normalized spacial score (nSPS) is 11.5. The number of aryl methyl sites for hydroxylation is 2. The molecule has 0 aliphatic carbocycles. The van der Waals surface area contributed by atoms with Crippen LogP contribution in [0.25, 0.3) is 0 Å². The highest BCUT2D eigenvalue weighted by atomic mass is 19.1. The molecule has 2 rings (SSSR count). The number of anilines is 1. The number of carbonyl (C=O) groups is 2. The van der Waals surface area contributed by atoms with Crippen LogP contribution < -0.4 is 10.1 Å². The van der Waals surface area contributed by atoms with Crippen LogP contribution in [0.2, 0.25) is 0 Å². The smallest absolute Gasteiger partial charge is 0.347 e. The minimum Gasteiger partial charge on any atom is -0.479 e. The van der Waals surface area contributed by atoms with Gasteiger partial charge in [0.2, 0.25) is 0 Å². The third-order valence-electron chi connectivity index (χ3n) is 3.55. The van der Waals surface area contributed by atoms with Gasteiger partial charge in [-0.1, -0.05) is 18.2 Å². The standard InChI is InChI=1S/C19H20FNO4/c1-12-5-4-6-13(2)18(12)21-17(22)11-24-19(23)14(3)25-16-9-7-15(20)8-10-16/h4-10,14H,11H2,1-3H3,(H,21,22)/t14-/m1/s1. The molecule has 6 heteroatoms. The van der Waals surface area contributed by atoms with Crippen LogP contribution in [0.15, 0.2) is 42.5 Å². The van der Waals surface area contributed by atoms with E-state index in [0.29, 0.717) is 11.4 Å². The van der Waals surface area contributed by atoms with Gasteiger partial charge in [-0.05, 0) is 56.2 Å². The Bertz CT molecular complexity index is 738. The molecule has 1 amide bonds. The van der Waals surface area contributed by atoms with Gasteiger partial charge in [-0.25, -0.2) is 9.18 Å². The topological polar surface area (TPSA) is 64.6 Å². The molecule has 0 saturated heterocycles. The second-order valence-corrected chi connectivity index (χ2v) is 5.64. The largest absolute Gasteiger partial charge is 0.479 e. The summed E-state index contributed by atoms with van der Waals surface area (Å²) >= 11 is 0. The number of amides is 1. The Morgan fingerprint density at radius 3 is 2.28 bits per heavy atom. The summed E-state index contributed by atoms with van der Waals surface area (Å²) in [6.07, 6.45) is -0.918. The van der Waals surface area contributed by atoms with Crippen molar-refractivity contribution in [2.75, 3.05) is 11.9 Å². The Labute approximate surface area is 145 Å². The van der Waals surface area contributed by atoms with Gasteiger partial charge < -0.3 is 14.8 Å². The molecule has 0 heterocycles. The van der Waals surface area contributed by atoms with Crippen molar-refractivity contribution >= 4 is 17.6 Å². The number of esters is 1. The van der Waals surface area contributed by atoms with Gasteiger partial charge in [-0.2, -0.15) is 0 Å². The molecule has 0 fully saturated rings. The zero-order chi connectivity index (χ0) is 18.4. The molecule has 5 nitrogen and oxygen atoms in total. The molecule has 0 aliphatic rings. The van der Waals surface area contributed by atoms with E-state index in [1.165, 1.54) is 31.2 Å². The highest BCUT2D eigenvalue weighted by Gasteiger charge is 2.18. The summed E-state index contributed by atoms with van der Waals surface area (Å²) in [7, 11) is 0. The number of hydrogen-bond acceptors (Lipinski definition) is 4. The second kappa shape index (κ2) is 8.28. The molecule has 0 saturated carbocycles. The average Bonchev–Trinajstić information content (AvgIpc) is 2.58. The predicted octanol–water partition coefficient (Wildman–Crippen LogP) is 3.39. The number of carbonyl (C=O) groups excluding carboxylic acids is 2. The number of hydrogen-bond donors (Lipinski definition) is 1. The third kappa shape index (κ3) is 5.31. The number of benzene rings is 2. The van der Waals surface area contributed by atoms with Gasteiger partial charge in [0.05, 0.1) is 0 Å². The fourth-order valence-electron chi connectivity index (χ4n) is 2.21. The van der Waals surface area contributed by atoms with Crippen LogP contribution in [0.4, 0.5) is 10.1 Å². The van der Waals surface area contributed by atoms with Crippen LogP contribution >= 0.6 is 0 Å². The molecule has 1 N–H and O–H groups in total.